The zero-order valence-electron chi connectivity index (χ0n) is 12.4. The molecule has 0 saturated carbocycles. The van der Waals surface area contributed by atoms with Crippen LogP contribution in [0.4, 0.5) is 0 Å². The maximum absolute atomic E-state index is 6.02. The van der Waals surface area contributed by atoms with Gasteiger partial charge in [0.15, 0.2) is 6.23 Å². The maximum atomic E-state index is 6.02. The summed E-state index contributed by atoms with van der Waals surface area (Å²) in [6.07, 6.45) is 1.82. The van der Waals surface area contributed by atoms with Gasteiger partial charge in [-0.25, -0.2) is 4.68 Å². The molecule has 21 heavy (non-hydrogen) atoms. The van der Waals surface area contributed by atoms with E-state index in [0.717, 1.165) is 18.8 Å². The number of ether oxygens (including phenoxy) is 1. The highest BCUT2D eigenvalue weighted by molar-refractivity contribution is 6.42. The molecule has 0 aliphatic carbocycles. The van der Waals surface area contributed by atoms with Gasteiger partial charge in [0.05, 0.1) is 15.7 Å². The number of benzene rings is 1. The van der Waals surface area contributed by atoms with Crippen LogP contribution in [0.1, 0.15) is 20.8 Å². The Bertz CT molecular complexity index is 596. The molecule has 114 valence electrons. The van der Waals surface area contributed by atoms with Crippen LogP contribution in [-0.2, 0) is 0 Å². The molecule has 4 nitrogen and oxygen atoms in total. The Morgan fingerprint density at radius 2 is 1.90 bits per heavy atom. The molecule has 0 amide bonds. The van der Waals surface area contributed by atoms with E-state index in [-0.39, 0.29) is 6.23 Å². The fourth-order valence-electron chi connectivity index (χ4n) is 2.13. The van der Waals surface area contributed by atoms with E-state index in [2.05, 4.69) is 23.8 Å². The molecule has 0 spiro atoms. The predicted octanol–water partition coefficient (Wildman–Crippen LogP) is 4.25. The summed E-state index contributed by atoms with van der Waals surface area (Å²) >= 11 is 11.9. The maximum Gasteiger partial charge on any atom is 0.234 e. The summed E-state index contributed by atoms with van der Waals surface area (Å²) in [5, 5.41) is 5.44. The van der Waals surface area contributed by atoms with Gasteiger partial charge in [-0.2, -0.15) is 0 Å². The summed E-state index contributed by atoms with van der Waals surface area (Å²) < 4.78 is 7.56. The molecule has 6 heteroatoms. The van der Waals surface area contributed by atoms with Crippen LogP contribution in [0, 0.1) is 0 Å². The standard InChI is InChI=1S/C15H19Cl2N3O/c1-4-19(5-2)11(3)21-15-8-9-20(18-15)12-6-7-13(16)14(17)10-12/h6-11H,4-5H2,1-3H3. The first-order chi connectivity index (χ1) is 10.0. The van der Waals surface area contributed by atoms with Crippen molar-refractivity contribution in [3.63, 3.8) is 0 Å². The lowest BCUT2D eigenvalue weighted by atomic mass is 10.3. The van der Waals surface area contributed by atoms with Crippen LogP contribution >= 0.6 is 23.2 Å². The van der Waals surface area contributed by atoms with Crippen molar-refractivity contribution >= 4 is 23.2 Å². The Balaban J connectivity index is 2.12. The van der Waals surface area contributed by atoms with E-state index in [9.17, 15) is 0 Å². The minimum absolute atomic E-state index is 0.0165. The Kier molecular flexibility index (Phi) is 5.51. The van der Waals surface area contributed by atoms with Crippen molar-refractivity contribution in [3.05, 3.63) is 40.5 Å². The average molecular weight is 328 g/mol. The molecule has 0 radical (unpaired) electrons. The smallest absolute Gasteiger partial charge is 0.234 e. The number of rotatable bonds is 6. The van der Waals surface area contributed by atoms with Crippen molar-refractivity contribution < 1.29 is 4.74 Å². The van der Waals surface area contributed by atoms with Crippen molar-refractivity contribution in [2.24, 2.45) is 0 Å². The Morgan fingerprint density at radius 3 is 2.52 bits per heavy atom. The van der Waals surface area contributed by atoms with E-state index in [4.69, 9.17) is 27.9 Å². The molecule has 0 aliphatic heterocycles. The van der Waals surface area contributed by atoms with E-state index in [0.29, 0.717) is 15.9 Å². The molecule has 1 heterocycles. The topological polar surface area (TPSA) is 30.3 Å². The molecule has 0 aliphatic rings. The Labute approximate surface area is 135 Å². The molecule has 1 unspecified atom stereocenters. The first-order valence-corrected chi connectivity index (χ1v) is 7.72. The van der Waals surface area contributed by atoms with Crippen LogP contribution in [-0.4, -0.2) is 34.0 Å². The summed E-state index contributed by atoms with van der Waals surface area (Å²) in [6, 6.07) is 7.22. The summed E-state index contributed by atoms with van der Waals surface area (Å²) in [7, 11) is 0. The van der Waals surface area contributed by atoms with Crippen molar-refractivity contribution in [1.29, 1.82) is 0 Å². The SMILES string of the molecule is CCN(CC)C(C)Oc1ccn(-c2ccc(Cl)c(Cl)c2)n1. The quantitative estimate of drug-likeness (QED) is 0.743. The molecule has 2 aromatic rings. The van der Waals surface area contributed by atoms with Crippen molar-refractivity contribution in [3.8, 4) is 11.6 Å². The lowest BCUT2D eigenvalue weighted by Crippen LogP contribution is -2.36. The van der Waals surface area contributed by atoms with Gasteiger partial charge in [0.1, 0.15) is 0 Å². The van der Waals surface area contributed by atoms with Crippen LogP contribution in [0.3, 0.4) is 0 Å². The van der Waals surface area contributed by atoms with Gasteiger partial charge in [-0.3, -0.25) is 4.90 Å². The molecule has 0 bridgehead atoms. The average Bonchev–Trinajstić information content (AvgIpc) is 2.91. The van der Waals surface area contributed by atoms with E-state index in [1.165, 1.54) is 0 Å². The highest BCUT2D eigenvalue weighted by Gasteiger charge is 2.13. The Hall–Kier alpha value is -1.23. The van der Waals surface area contributed by atoms with Gasteiger partial charge in [-0.05, 0) is 38.2 Å². The van der Waals surface area contributed by atoms with E-state index in [1.54, 1.807) is 16.8 Å². The van der Waals surface area contributed by atoms with Gasteiger partial charge < -0.3 is 4.74 Å². The lowest BCUT2D eigenvalue weighted by Gasteiger charge is -2.25. The van der Waals surface area contributed by atoms with Crippen molar-refractivity contribution in [2.75, 3.05) is 13.1 Å². The van der Waals surface area contributed by atoms with Crippen LogP contribution < -0.4 is 4.74 Å². The van der Waals surface area contributed by atoms with Gasteiger partial charge in [0.25, 0.3) is 0 Å². The number of aromatic nitrogens is 2. The zero-order chi connectivity index (χ0) is 15.4. The first kappa shape index (κ1) is 16.1. The fourth-order valence-corrected chi connectivity index (χ4v) is 2.42. The van der Waals surface area contributed by atoms with Gasteiger partial charge in [-0.1, -0.05) is 37.0 Å². The first-order valence-electron chi connectivity index (χ1n) is 6.97. The van der Waals surface area contributed by atoms with Crippen molar-refractivity contribution in [2.45, 2.75) is 27.0 Å². The zero-order valence-corrected chi connectivity index (χ0v) is 13.9. The van der Waals surface area contributed by atoms with Gasteiger partial charge in [-0.15, -0.1) is 5.10 Å². The highest BCUT2D eigenvalue weighted by atomic mass is 35.5. The second-order valence-corrected chi connectivity index (χ2v) is 5.45. The Morgan fingerprint density at radius 1 is 1.19 bits per heavy atom. The molecule has 1 aromatic heterocycles. The van der Waals surface area contributed by atoms with Gasteiger partial charge >= 0.3 is 0 Å². The molecule has 0 saturated heterocycles. The van der Waals surface area contributed by atoms with Gasteiger partial charge in [0.2, 0.25) is 5.88 Å². The lowest BCUT2D eigenvalue weighted by molar-refractivity contribution is 0.0440. The molecule has 0 fully saturated rings. The molecule has 2 rings (SSSR count). The number of halogens is 2. The molecule has 1 atom stereocenters. The third-order valence-electron chi connectivity index (χ3n) is 3.35. The number of hydrogen-bond acceptors (Lipinski definition) is 3. The molecular weight excluding hydrogens is 309 g/mol. The predicted molar refractivity (Wildman–Crippen MR) is 86.6 cm³/mol. The third-order valence-corrected chi connectivity index (χ3v) is 4.09. The van der Waals surface area contributed by atoms with E-state index in [1.807, 2.05) is 25.3 Å². The van der Waals surface area contributed by atoms with E-state index < -0.39 is 0 Å². The minimum Gasteiger partial charge on any atom is -0.458 e. The molecule has 1 aromatic carbocycles. The largest absolute Gasteiger partial charge is 0.458 e. The monoisotopic (exact) mass is 327 g/mol. The van der Waals surface area contributed by atoms with E-state index >= 15 is 0 Å². The van der Waals surface area contributed by atoms with Gasteiger partial charge in [0, 0.05) is 12.3 Å². The molecular formula is C15H19Cl2N3O. The second-order valence-electron chi connectivity index (χ2n) is 4.64. The number of nitrogens with zero attached hydrogens (tertiary/aromatic N) is 3. The summed E-state index contributed by atoms with van der Waals surface area (Å²) in [5.74, 6) is 0.584. The van der Waals surface area contributed by atoms with Crippen LogP contribution in [0.15, 0.2) is 30.5 Å². The fraction of sp³-hybridized carbons (Fsp3) is 0.400. The normalized spacial score (nSPS) is 12.7. The highest BCUT2D eigenvalue weighted by Crippen LogP contribution is 2.24. The van der Waals surface area contributed by atoms with Crippen molar-refractivity contribution in [1.82, 2.24) is 14.7 Å². The van der Waals surface area contributed by atoms with Crippen LogP contribution in [0.25, 0.3) is 5.69 Å². The van der Waals surface area contributed by atoms with Crippen LogP contribution in [0.2, 0.25) is 10.0 Å². The third kappa shape index (κ3) is 3.90. The minimum atomic E-state index is -0.0165. The second kappa shape index (κ2) is 7.16. The molecule has 0 N–H and O–H groups in total. The van der Waals surface area contributed by atoms with Crippen LogP contribution in [0.5, 0.6) is 5.88 Å². The number of hydrogen-bond donors (Lipinski definition) is 0. The summed E-state index contributed by atoms with van der Waals surface area (Å²) in [4.78, 5) is 2.21. The summed E-state index contributed by atoms with van der Waals surface area (Å²) in [5.41, 5.74) is 0.842. The summed E-state index contributed by atoms with van der Waals surface area (Å²) in [6.45, 7) is 8.11.